The zero-order valence-electron chi connectivity index (χ0n) is 9.96. The van der Waals surface area contributed by atoms with Crippen LogP contribution in [0.3, 0.4) is 0 Å². The van der Waals surface area contributed by atoms with Crippen LogP contribution in [0.15, 0.2) is 22.9 Å². The van der Waals surface area contributed by atoms with Gasteiger partial charge in [-0.15, -0.1) is 0 Å². The fraction of sp³-hybridized carbons (Fsp3) is 0.385. The first-order valence-corrected chi connectivity index (χ1v) is 6.36. The Morgan fingerprint density at radius 1 is 1.35 bits per heavy atom. The van der Waals surface area contributed by atoms with Crippen molar-refractivity contribution in [3.05, 3.63) is 34.1 Å². The Labute approximate surface area is 109 Å². The first kappa shape index (κ1) is 14.0. The number of hydrogen-bond donors (Lipinski definition) is 1. The molecule has 0 unspecified atom stereocenters. The van der Waals surface area contributed by atoms with E-state index in [0.717, 1.165) is 24.0 Å². The predicted molar refractivity (Wildman–Crippen MR) is 70.5 cm³/mol. The van der Waals surface area contributed by atoms with Gasteiger partial charge in [-0.05, 0) is 58.1 Å². The number of rotatable bonds is 5. The Hall–Kier alpha value is -1.03. The van der Waals surface area contributed by atoms with E-state index in [9.17, 15) is 9.50 Å². The van der Waals surface area contributed by atoms with Crippen molar-refractivity contribution in [2.75, 3.05) is 6.61 Å². The SMILES string of the molecule is CCc1cc(OCC=C(F)Br)cc(CC)c1O. The van der Waals surface area contributed by atoms with Crippen molar-refractivity contribution >= 4 is 15.9 Å². The second kappa shape index (κ2) is 6.64. The highest BCUT2D eigenvalue weighted by Gasteiger charge is 2.08. The largest absolute Gasteiger partial charge is 0.507 e. The number of aromatic hydroxyl groups is 1. The van der Waals surface area contributed by atoms with Crippen LogP contribution in [0.5, 0.6) is 11.5 Å². The van der Waals surface area contributed by atoms with E-state index >= 15 is 0 Å². The molecule has 0 saturated carbocycles. The summed E-state index contributed by atoms with van der Waals surface area (Å²) in [6.07, 6.45) is 2.77. The van der Waals surface area contributed by atoms with Crippen molar-refractivity contribution in [1.29, 1.82) is 0 Å². The molecule has 94 valence electrons. The van der Waals surface area contributed by atoms with Crippen LogP contribution >= 0.6 is 15.9 Å². The summed E-state index contributed by atoms with van der Waals surface area (Å²) in [5.74, 6) is 0.992. The zero-order chi connectivity index (χ0) is 12.8. The number of benzene rings is 1. The fourth-order valence-electron chi connectivity index (χ4n) is 1.55. The van der Waals surface area contributed by atoms with Crippen molar-refractivity contribution in [2.45, 2.75) is 26.7 Å². The quantitative estimate of drug-likeness (QED) is 0.887. The number of phenolic OH excluding ortho intramolecular Hbond substituents is 1. The number of aryl methyl sites for hydroxylation is 2. The second-order valence-corrected chi connectivity index (χ2v) is 4.36. The third-order valence-corrected chi connectivity index (χ3v) is 2.81. The molecular weight excluding hydrogens is 287 g/mol. The molecule has 0 saturated heterocycles. The zero-order valence-corrected chi connectivity index (χ0v) is 11.6. The summed E-state index contributed by atoms with van der Waals surface area (Å²) in [4.78, 5) is 0. The standard InChI is InChI=1S/C13H16BrFO2/c1-3-9-7-11(17-6-5-12(14)15)8-10(4-2)13(9)16/h5,7-8,16H,3-4,6H2,1-2H3. The molecule has 1 rings (SSSR count). The van der Waals surface area contributed by atoms with Crippen LogP contribution in [0.2, 0.25) is 0 Å². The van der Waals surface area contributed by atoms with E-state index in [-0.39, 0.29) is 6.61 Å². The first-order valence-electron chi connectivity index (χ1n) is 5.57. The molecule has 1 N–H and O–H groups in total. The smallest absolute Gasteiger partial charge is 0.165 e. The van der Waals surface area contributed by atoms with E-state index in [1.54, 1.807) is 12.1 Å². The number of halogens is 2. The van der Waals surface area contributed by atoms with E-state index < -0.39 is 4.74 Å². The molecule has 0 spiro atoms. The first-order chi connectivity index (χ1) is 8.08. The van der Waals surface area contributed by atoms with Gasteiger partial charge in [0.2, 0.25) is 0 Å². The molecule has 0 heterocycles. The van der Waals surface area contributed by atoms with Gasteiger partial charge in [-0.1, -0.05) is 13.8 Å². The summed E-state index contributed by atoms with van der Waals surface area (Å²) in [5, 5.41) is 9.89. The van der Waals surface area contributed by atoms with Crippen LogP contribution in [0.1, 0.15) is 25.0 Å². The van der Waals surface area contributed by atoms with Gasteiger partial charge >= 0.3 is 0 Å². The van der Waals surface area contributed by atoms with Gasteiger partial charge in [-0.25, -0.2) is 0 Å². The third kappa shape index (κ3) is 4.04. The molecule has 17 heavy (non-hydrogen) atoms. The van der Waals surface area contributed by atoms with Crippen molar-refractivity contribution in [3.8, 4) is 11.5 Å². The molecular formula is C13H16BrFO2. The van der Waals surface area contributed by atoms with Crippen molar-refractivity contribution in [1.82, 2.24) is 0 Å². The lowest BCUT2D eigenvalue weighted by Gasteiger charge is -2.11. The lowest BCUT2D eigenvalue weighted by atomic mass is 10.0. The lowest BCUT2D eigenvalue weighted by molar-refractivity contribution is 0.358. The van der Waals surface area contributed by atoms with E-state index in [1.807, 2.05) is 13.8 Å². The Bertz CT molecular complexity index is 387. The Balaban J connectivity index is 2.89. The molecule has 1 aromatic rings. The van der Waals surface area contributed by atoms with Gasteiger partial charge < -0.3 is 9.84 Å². The lowest BCUT2D eigenvalue weighted by Crippen LogP contribution is -1.97. The summed E-state index contributed by atoms with van der Waals surface area (Å²) in [7, 11) is 0. The maximum Gasteiger partial charge on any atom is 0.165 e. The van der Waals surface area contributed by atoms with E-state index in [4.69, 9.17) is 4.74 Å². The molecule has 0 fully saturated rings. The van der Waals surface area contributed by atoms with E-state index in [0.29, 0.717) is 11.5 Å². The number of hydrogen-bond acceptors (Lipinski definition) is 2. The van der Waals surface area contributed by atoms with Gasteiger partial charge in [0.25, 0.3) is 0 Å². The summed E-state index contributed by atoms with van der Waals surface area (Å²) < 4.78 is 17.4. The molecule has 0 aliphatic rings. The normalized spacial score (nSPS) is 11.6. The Morgan fingerprint density at radius 2 is 1.88 bits per heavy atom. The average molecular weight is 303 g/mol. The minimum absolute atomic E-state index is 0.161. The molecule has 1 aromatic carbocycles. The monoisotopic (exact) mass is 302 g/mol. The Morgan fingerprint density at radius 3 is 2.29 bits per heavy atom. The van der Waals surface area contributed by atoms with Crippen LogP contribution in [0.25, 0.3) is 0 Å². The van der Waals surface area contributed by atoms with Crippen LogP contribution in [-0.4, -0.2) is 11.7 Å². The summed E-state index contributed by atoms with van der Waals surface area (Å²) in [6, 6.07) is 3.57. The van der Waals surface area contributed by atoms with Gasteiger partial charge in [0.05, 0.1) is 0 Å². The third-order valence-electron chi connectivity index (χ3n) is 2.49. The molecule has 0 atom stereocenters. The Kier molecular flexibility index (Phi) is 5.48. The van der Waals surface area contributed by atoms with Gasteiger partial charge in [-0.2, -0.15) is 4.39 Å². The summed E-state index contributed by atoms with van der Waals surface area (Å²) in [6.45, 7) is 4.10. The number of ether oxygens (including phenoxy) is 1. The van der Waals surface area contributed by atoms with Gasteiger partial charge in [0.15, 0.2) is 4.74 Å². The minimum Gasteiger partial charge on any atom is -0.507 e. The highest BCUT2D eigenvalue weighted by molar-refractivity contribution is 9.11. The van der Waals surface area contributed by atoms with E-state index in [2.05, 4.69) is 15.9 Å². The van der Waals surface area contributed by atoms with Gasteiger partial charge in [0, 0.05) is 0 Å². The minimum atomic E-state index is -0.442. The highest BCUT2D eigenvalue weighted by atomic mass is 79.9. The molecule has 0 radical (unpaired) electrons. The van der Waals surface area contributed by atoms with Crippen LogP contribution in [0, 0.1) is 0 Å². The van der Waals surface area contributed by atoms with Crippen molar-refractivity contribution in [3.63, 3.8) is 0 Å². The van der Waals surface area contributed by atoms with Crippen LogP contribution < -0.4 is 4.74 Å². The molecule has 0 aliphatic carbocycles. The predicted octanol–water partition coefficient (Wildman–Crippen LogP) is 4.10. The van der Waals surface area contributed by atoms with Gasteiger partial charge in [0.1, 0.15) is 18.1 Å². The maximum absolute atomic E-state index is 12.4. The highest BCUT2D eigenvalue weighted by Crippen LogP contribution is 2.29. The van der Waals surface area contributed by atoms with E-state index in [1.165, 1.54) is 6.08 Å². The van der Waals surface area contributed by atoms with Gasteiger partial charge in [-0.3, -0.25) is 0 Å². The summed E-state index contributed by atoms with van der Waals surface area (Å²) >= 11 is 2.69. The second-order valence-electron chi connectivity index (χ2n) is 3.60. The molecule has 0 amide bonds. The summed E-state index contributed by atoms with van der Waals surface area (Å²) in [5.41, 5.74) is 1.70. The molecule has 0 bridgehead atoms. The van der Waals surface area contributed by atoms with Crippen LogP contribution in [-0.2, 0) is 12.8 Å². The molecule has 0 aliphatic heterocycles. The van der Waals surface area contributed by atoms with Crippen molar-refractivity contribution < 1.29 is 14.2 Å². The average Bonchev–Trinajstić information content (AvgIpc) is 2.30. The number of phenols is 1. The molecule has 2 nitrogen and oxygen atoms in total. The maximum atomic E-state index is 12.4. The molecule has 0 aromatic heterocycles. The van der Waals surface area contributed by atoms with Crippen molar-refractivity contribution in [2.24, 2.45) is 0 Å². The fourth-order valence-corrected chi connectivity index (χ4v) is 1.68. The molecule has 4 heteroatoms. The van der Waals surface area contributed by atoms with Crippen LogP contribution in [0.4, 0.5) is 4.39 Å². The topological polar surface area (TPSA) is 29.5 Å².